The minimum Gasteiger partial charge on any atom is -0.367 e. The lowest BCUT2D eigenvalue weighted by atomic mass is 10.0. The number of carbonyl (C=O) groups is 1. The van der Waals surface area contributed by atoms with E-state index in [1.165, 1.54) is 0 Å². The molecule has 0 spiro atoms. The zero-order chi connectivity index (χ0) is 11.3. The molecule has 4 nitrogen and oxygen atoms in total. The maximum absolute atomic E-state index is 11.5. The van der Waals surface area contributed by atoms with Crippen LogP contribution in [0.3, 0.4) is 0 Å². The van der Waals surface area contributed by atoms with Crippen molar-refractivity contribution in [3.63, 3.8) is 0 Å². The summed E-state index contributed by atoms with van der Waals surface area (Å²) in [5, 5.41) is 2.81. The van der Waals surface area contributed by atoms with Crippen LogP contribution in [0.2, 0.25) is 0 Å². The highest BCUT2D eigenvalue weighted by atomic mass is 16.2. The molecule has 0 aliphatic heterocycles. The Labute approximate surface area is 90.2 Å². The van der Waals surface area contributed by atoms with Crippen LogP contribution in [0, 0.1) is 5.92 Å². The fraction of sp³-hybridized carbons (Fsp3) is 0.545. The smallest absolute Gasteiger partial charge is 0.237 e. The molecule has 0 aliphatic carbocycles. The van der Waals surface area contributed by atoms with E-state index in [-0.39, 0.29) is 5.91 Å². The SMILES string of the molecule is CC(C)C[C@H](N)C(=O)NCc1cc[nH]c1. The second-order valence-electron chi connectivity index (χ2n) is 4.17. The van der Waals surface area contributed by atoms with Gasteiger partial charge in [-0.1, -0.05) is 13.8 Å². The highest BCUT2D eigenvalue weighted by molar-refractivity contribution is 5.81. The van der Waals surface area contributed by atoms with Gasteiger partial charge in [-0.2, -0.15) is 0 Å². The molecule has 4 N–H and O–H groups in total. The molecule has 0 bridgehead atoms. The van der Waals surface area contributed by atoms with Crippen molar-refractivity contribution in [2.75, 3.05) is 0 Å². The largest absolute Gasteiger partial charge is 0.367 e. The minimum absolute atomic E-state index is 0.0788. The first kappa shape index (κ1) is 11.8. The number of aromatic amines is 1. The number of hydrogen-bond acceptors (Lipinski definition) is 2. The van der Waals surface area contributed by atoms with Gasteiger partial charge in [0, 0.05) is 18.9 Å². The summed E-state index contributed by atoms with van der Waals surface area (Å²) in [5.74, 6) is 0.364. The summed E-state index contributed by atoms with van der Waals surface area (Å²) in [4.78, 5) is 14.5. The van der Waals surface area contributed by atoms with Gasteiger partial charge in [-0.3, -0.25) is 4.79 Å². The van der Waals surface area contributed by atoms with Crippen molar-refractivity contribution >= 4 is 5.91 Å². The number of amides is 1. The van der Waals surface area contributed by atoms with Crippen LogP contribution in [0.4, 0.5) is 0 Å². The molecule has 0 unspecified atom stereocenters. The highest BCUT2D eigenvalue weighted by Gasteiger charge is 2.14. The van der Waals surface area contributed by atoms with Crippen LogP contribution < -0.4 is 11.1 Å². The molecule has 4 heteroatoms. The number of nitrogens with one attached hydrogen (secondary N) is 2. The lowest BCUT2D eigenvalue weighted by molar-refractivity contribution is -0.122. The molecule has 0 aliphatic rings. The molecular weight excluding hydrogens is 190 g/mol. The third kappa shape index (κ3) is 4.16. The molecule has 1 amide bonds. The number of hydrogen-bond donors (Lipinski definition) is 3. The monoisotopic (exact) mass is 209 g/mol. The zero-order valence-electron chi connectivity index (χ0n) is 9.29. The summed E-state index contributed by atoms with van der Waals surface area (Å²) >= 11 is 0. The van der Waals surface area contributed by atoms with Crippen molar-refractivity contribution in [2.45, 2.75) is 32.9 Å². The van der Waals surface area contributed by atoms with Gasteiger partial charge in [-0.25, -0.2) is 0 Å². The first-order valence-corrected chi connectivity index (χ1v) is 5.24. The Bertz CT molecular complexity index is 293. The lowest BCUT2D eigenvalue weighted by Crippen LogP contribution is -2.40. The van der Waals surface area contributed by atoms with Crippen molar-refractivity contribution in [1.29, 1.82) is 0 Å². The van der Waals surface area contributed by atoms with E-state index in [0.717, 1.165) is 12.0 Å². The Morgan fingerprint density at radius 3 is 2.87 bits per heavy atom. The Balaban J connectivity index is 2.29. The fourth-order valence-electron chi connectivity index (χ4n) is 1.40. The number of nitrogens with two attached hydrogens (primary N) is 1. The molecule has 0 saturated carbocycles. The maximum Gasteiger partial charge on any atom is 0.237 e. The lowest BCUT2D eigenvalue weighted by Gasteiger charge is -2.13. The van der Waals surface area contributed by atoms with Gasteiger partial charge in [0.2, 0.25) is 5.91 Å². The quantitative estimate of drug-likeness (QED) is 0.677. The van der Waals surface area contributed by atoms with Crippen LogP contribution in [0.5, 0.6) is 0 Å². The van der Waals surface area contributed by atoms with E-state index < -0.39 is 6.04 Å². The molecule has 0 aromatic carbocycles. The Kier molecular flexibility index (Phi) is 4.37. The van der Waals surface area contributed by atoms with Gasteiger partial charge in [0.15, 0.2) is 0 Å². The predicted octanol–water partition coefficient (Wildman–Crippen LogP) is 1.00. The second-order valence-corrected chi connectivity index (χ2v) is 4.17. The highest BCUT2D eigenvalue weighted by Crippen LogP contribution is 2.03. The van der Waals surface area contributed by atoms with E-state index in [9.17, 15) is 4.79 Å². The summed E-state index contributed by atoms with van der Waals surface area (Å²) in [7, 11) is 0. The number of H-pyrrole nitrogens is 1. The van der Waals surface area contributed by atoms with E-state index in [1.807, 2.05) is 18.5 Å². The Morgan fingerprint density at radius 1 is 1.60 bits per heavy atom. The third-order valence-corrected chi connectivity index (χ3v) is 2.19. The van der Waals surface area contributed by atoms with Crippen LogP contribution in [-0.2, 0) is 11.3 Å². The van der Waals surface area contributed by atoms with Crippen LogP contribution in [0.15, 0.2) is 18.5 Å². The summed E-state index contributed by atoms with van der Waals surface area (Å²) in [5.41, 5.74) is 6.79. The Morgan fingerprint density at radius 2 is 2.33 bits per heavy atom. The summed E-state index contributed by atoms with van der Waals surface area (Å²) in [6.45, 7) is 4.65. The van der Waals surface area contributed by atoms with Crippen molar-refractivity contribution in [1.82, 2.24) is 10.3 Å². The van der Waals surface area contributed by atoms with Crippen LogP contribution in [0.25, 0.3) is 0 Å². The van der Waals surface area contributed by atoms with Gasteiger partial charge in [-0.15, -0.1) is 0 Å². The number of aromatic nitrogens is 1. The predicted molar refractivity (Wildman–Crippen MR) is 60.1 cm³/mol. The molecule has 84 valence electrons. The van der Waals surface area contributed by atoms with Crippen LogP contribution >= 0.6 is 0 Å². The van der Waals surface area contributed by atoms with Crippen molar-refractivity contribution in [2.24, 2.45) is 11.7 Å². The van der Waals surface area contributed by atoms with E-state index in [0.29, 0.717) is 12.5 Å². The average molecular weight is 209 g/mol. The molecule has 0 saturated heterocycles. The van der Waals surface area contributed by atoms with E-state index in [1.54, 1.807) is 0 Å². The van der Waals surface area contributed by atoms with Gasteiger partial charge in [0.25, 0.3) is 0 Å². The second kappa shape index (κ2) is 5.56. The summed E-state index contributed by atoms with van der Waals surface area (Å²) in [6, 6.07) is 1.53. The summed E-state index contributed by atoms with van der Waals surface area (Å²) in [6.07, 6.45) is 4.41. The van der Waals surface area contributed by atoms with Crippen LogP contribution in [0.1, 0.15) is 25.8 Å². The van der Waals surface area contributed by atoms with Crippen molar-refractivity contribution < 1.29 is 4.79 Å². The molecular formula is C11H19N3O. The normalized spacial score (nSPS) is 12.8. The number of carbonyl (C=O) groups excluding carboxylic acids is 1. The van der Waals surface area contributed by atoms with Gasteiger partial charge >= 0.3 is 0 Å². The number of rotatable bonds is 5. The van der Waals surface area contributed by atoms with Gasteiger partial charge in [0.1, 0.15) is 0 Å². The third-order valence-electron chi connectivity index (χ3n) is 2.19. The topological polar surface area (TPSA) is 70.9 Å². The van der Waals surface area contributed by atoms with Gasteiger partial charge in [-0.05, 0) is 24.0 Å². The molecule has 15 heavy (non-hydrogen) atoms. The summed E-state index contributed by atoms with van der Waals surface area (Å²) < 4.78 is 0. The van der Waals surface area contributed by atoms with E-state index >= 15 is 0 Å². The van der Waals surface area contributed by atoms with Crippen molar-refractivity contribution in [3.8, 4) is 0 Å². The molecule has 0 fully saturated rings. The van der Waals surface area contributed by atoms with Crippen LogP contribution in [-0.4, -0.2) is 16.9 Å². The molecule has 1 rings (SSSR count). The first-order chi connectivity index (χ1) is 7.09. The molecule has 1 heterocycles. The fourth-order valence-corrected chi connectivity index (χ4v) is 1.40. The molecule has 1 aromatic rings. The van der Waals surface area contributed by atoms with E-state index in [4.69, 9.17) is 5.73 Å². The molecule has 0 radical (unpaired) electrons. The molecule has 1 aromatic heterocycles. The Hall–Kier alpha value is -1.29. The van der Waals surface area contributed by atoms with E-state index in [2.05, 4.69) is 24.1 Å². The maximum atomic E-state index is 11.5. The average Bonchev–Trinajstić information content (AvgIpc) is 2.65. The first-order valence-electron chi connectivity index (χ1n) is 5.24. The van der Waals surface area contributed by atoms with Crippen molar-refractivity contribution in [3.05, 3.63) is 24.0 Å². The minimum atomic E-state index is -0.399. The standard InChI is InChI=1S/C11H19N3O/c1-8(2)5-10(12)11(15)14-7-9-3-4-13-6-9/h3-4,6,8,10,13H,5,7,12H2,1-2H3,(H,14,15)/t10-/m0/s1. The zero-order valence-corrected chi connectivity index (χ0v) is 9.29. The van der Waals surface area contributed by atoms with Gasteiger partial charge < -0.3 is 16.0 Å². The molecule has 1 atom stereocenters. The van der Waals surface area contributed by atoms with Gasteiger partial charge in [0.05, 0.1) is 6.04 Å².